The van der Waals surface area contributed by atoms with Gasteiger partial charge in [0.15, 0.2) is 11.0 Å². The number of thiophene rings is 2. The van der Waals surface area contributed by atoms with Crippen molar-refractivity contribution in [2.75, 3.05) is 24.3 Å². The first-order chi connectivity index (χ1) is 18.5. The lowest BCUT2D eigenvalue weighted by Gasteiger charge is -2.14. The molecule has 11 heteroatoms. The number of hydrogen-bond donors (Lipinski definition) is 1. The van der Waals surface area contributed by atoms with Crippen LogP contribution in [0.2, 0.25) is 0 Å². The second kappa shape index (κ2) is 12.2. The van der Waals surface area contributed by atoms with E-state index in [0.717, 1.165) is 42.0 Å². The topological polar surface area (TPSA) is 95.3 Å². The first kappa shape index (κ1) is 26.6. The second-order valence-corrected chi connectivity index (χ2v) is 11.7. The van der Waals surface area contributed by atoms with Gasteiger partial charge in [-0.1, -0.05) is 42.1 Å². The third kappa shape index (κ3) is 6.01. The fraction of sp³-hybridized carbons (Fsp3) is 0.333. The Kier molecular flexibility index (Phi) is 8.58. The highest BCUT2D eigenvalue weighted by molar-refractivity contribution is 7.99. The third-order valence-electron chi connectivity index (χ3n) is 6.06. The molecule has 1 aliphatic rings. The summed E-state index contributed by atoms with van der Waals surface area (Å²) < 4.78 is 13.2. The number of carbonyl (C=O) groups is 2. The lowest BCUT2D eigenvalue weighted by Crippen LogP contribution is -2.18. The summed E-state index contributed by atoms with van der Waals surface area (Å²) in [6.45, 7) is 5.48. The maximum absolute atomic E-state index is 13.0. The van der Waals surface area contributed by atoms with Crippen LogP contribution in [0, 0.1) is 6.92 Å². The number of aromatic nitrogens is 3. The van der Waals surface area contributed by atoms with E-state index < -0.39 is 5.97 Å². The molecule has 0 aliphatic carbocycles. The van der Waals surface area contributed by atoms with E-state index in [4.69, 9.17) is 9.47 Å². The molecule has 5 rings (SSSR count). The fourth-order valence-corrected chi connectivity index (χ4v) is 6.71. The van der Waals surface area contributed by atoms with Crippen LogP contribution in [0.1, 0.15) is 35.0 Å². The van der Waals surface area contributed by atoms with Crippen molar-refractivity contribution < 1.29 is 19.1 Å². The zero-order chi connectivity index (χ0) is 26.5. The van der Waals surface area contributed by atoms with Gasteiger partial charge in [-0.25, -0.2) is 4.79 Å². The summed E-state index contributed by atoms with van der Waals surface area (Å²) in [5.74, 6) is 0.208. The molecular weight excluding hydrogens is 541 g/mol. The molecule has 1 atom stereocenters. The number of nitrogens with zero attached hydrogens (tertiary/aromatic N) is 3. The molecule has 1 amide bonds. The van der Waals surface area contributed by atoms with E-state index in [9.17, 15) is 9.59 Å². The molecule has 1 aliphatic heterocycles. The van der Waals surface area contributed by atoms with Crippen LogP contribution in [0.5, 0.6) is 0 Å². The lowest BCUT2D eigenvalue weighted by atomic mass is 10.0. The van der Waals surface area contributed by atoms with E-state index in [1.807, 2.05) is 35.7 Å². The first-order valence-electron chi connectivity index (χ1n) is 12.4. The van der Waals surface area contributed by atoms with Gasteiger partial charge >= 0.3 is 5.97 Å². The summed E-state index contributed by atoms with van der Waals surface area (Å²) in [7, 11) is 0. The molecule has 0 saturated carbocycles. The standard InChI is InChI=1S/C27H28N4O4S3/c1-3-34-26(33)23-21(18-8-5-4-6-9-18)15-37-25(23)28-22(32)16-38-27-30-29-24(19-12-17(2)36-14-19)31(27)13-20-10-7-11-35-20/h4-6,8-9,12,14-15,20H,3,7,10-11,13,16H2,1-2H3,(H,28,32). The lowest BCUT2D eigenvalue weighted by molar-refractivity contribution is -0.113. The molecule has 4 aromatic rings. The van der Waals surface area contributed by atoms with E-state index in [1.165, 1.54) is 28.0 Å². The highest BCUT2D eigenvalue weighted by atomic mass is 32.2. The third-order valence-corrected chi connectivity index (χ3v) is 8.78. The maximum atomic E-state index is 13.0. The van der Waals surface area contributed by atoms with Gasteiger partial charge in [0.05, 0.1) is 25.0 Å². The van der Waals surface area contributed by atoms with Crippen molar-refractivity contribution in [3.8, 4) is 22.5 Å². The Bertz CT molecular complexity index is 1410. The molecule has 1 unspecified atom stereocenters. The minimum atomic E-state index is -0.456. The van der Waals surface area contributed by atoms with Gasteiger partial charge in [-0.3, -0.25) is 9.36 Å². The van der Waals surface area contributed by atoms with Crippen LogP contribution in [-0.2, 0) is 20.8 Å². The molecule has 0 spiro atoms. The smallest absolute Gasteiger partial charge is 0.341 e. The Balaban J connectivity index is 1.33. The van der Waals surface area contributed by atoms with Crippen molar-refractivity contribution in [2.45, 2.75) is 44.5 Å². The largest absolute Gasteiger partial charge is 0.462 e. The Morgan fingerprint density at radius 3 is 2.74 bits per heavy atom. The number of aryl methyl sites for hydroxylation is 1. The van der Waals surface area contributed by atoms with Gasteiger partial charge in [-0.05, 0) is 38.3 Å². The number of amides is 1. The zero-order valence-corrected chi connectivity index (χ0v) is 23.6. The van der Waals surface area contributed by atoms with Crippen molar-refractivity contribution in [3.05, 3.63) is 57.6 Å². The van der Waals surface area contributed by atoms with Gasteiger partial charge in [0, 0.05) is 33.4 Å². The molecule has 0 bridgehead atoms. The molecular formula is C27H28N4O4S3. The monoisotopic (exact) mass is 568 g/mol. The van der Waals surface area contributed by atoms with E-state index in [-0.39, 0.29) is 24.4 Å². The minimum Gasteiger partial charge on any atom is -0.462 e. The van der Waals surface area contributed by atoms with E-state index >= 15 is 0 Å². The van der Waals surface area contributed by atoms with Crippen molar-refractivity contribution in [3.63, 3.8) is 0 Å². The summed E-state index contributed by atoms with van der Waals surface area (Å²) in [5, 5.41) is 16.9. The zero-order valence-electron chi connectivity index (χ0n) is 21.1. The molecule has 1 fully saturated rings. The van der Waals surface area contributed by atoms with Gasteiger partial charge in [0.1, 0.15) is 10.6 Å². The van der Waals surface area contributed by atoms with Crippen LogP contribution >= 0.6 is 34.4 Å². The van der Waals surface area contributed by atoms with Gasteiger partial charge in [-0.2, -0.15) is 0 Å². The van der Waals surface area contributed by atoms with Crippen molar-refractivity contribution >= 4 is 51.3 Å². The summed E-state index contributed by atoms with van der Waals surface area (Å²) in [6, 6.07) is 11.7. The van der Waals surface area contributed by atoms with Crippen LogP contribution in [-0.4, -0.2) is 51.7 Å². The number of nitrogens with one attached hydrogen (secondary N) is 1. The molecule has 8 nitrogen and oxygen atoms in total. The van der Waals surface area contributed by atoms with E-state index in [2.05, 4.69) is 38.5 Å². The summed E-state index contributed by atoms with van der Waals surface area (Å²) >= 11 is 4.30. The van der Waals surface area contributed by atoms with Gasteiger partial charge < -0.3 is 14.8 Å². The Hall–Kier alpha value is -2.99. The predicted octanol–water partition coefficient (Wildman–Crippen LogP) is 6.13. The highest BCUT2D eigenvalue weighted by Gasteiger charge is 2.25. The Labute approximate surface area is 233 Å². The van der Waals surface area contributed by atoms with Crippen LogP contribution in [0.4, 0.5) is 5.00 Å². The number of carbonyl (C=O) groups excluding carboxylic acids is 2. The molecule has 1 saturated heterocycles. The Morgan fingerprint density at radius 1 is 1.18 bits per heavy atom. The highest BCUT2D eigenvalue weighted by Crippen LogP contribution is 2.36. The second-order valence-electron chi connectivity index (χ2n) is 8.77. The number of rotatable bonds is 10. The van der Waals surface area contributed by atoms with Crippen LogP contribution in [0.25, 0.3) is 22.5 Å². The van der Waals surface area contributed by atoms with Crippen molar-refractivity contribution in [1.82, 2.24) is 14.8 Å². The normalized spacial score (nSPS) is 15.1. The van der Waals surface area contributed by atoms with Crippen LogP contribution < -0.4 is 5.32 Å². The summed E-state index contributed by atoms with van der Waals surface area (Å²) in [5.41, 5.74) is 3.02. The summed E-state index contributed by atoms with van der Waals surface area (Å²) in [6.07, 6.45) is 2.13. The quantitative estimate of drug-likeness (QED) is 0.182. The predicted molar refractivity (Wildman–Crippen MR) is 152 cm³/mol. The number of anilines is 1. The number of esters is 1. The average Bonchev–Trinajstić information content (AvgIpc) is 3.72. The van der Waals surface area contributed by atoms with Gasteiger partial charge in [0.25, 0.3) is 0 Å². The molecule has 0 radical (unpaired) electrons. The van der Waals surface area contributed by atoms with Crippen molar-refractivity contribution in [1.29, 1.82) is 0 Å². The van der Waals surface area contributed by atoms with Gasteiger partial charge in [0.2, 0.25) is 5.91 Å². The molecule has 1 aromatic carbocycles. The van der Waals surface area contributed by atoms with Crippen LogP contribution in [0.15, 0.2) is 52.3 Å². The van der Waals surface area contributed by atoms with Crippen molar-refractivity contribution in [2.24, 2.45) is 0 Å². The maximum Gasteiger partial charge on any atom is 0.341 e. The fourth-order valence-electron chi connectivity index (χ4n) is 4.31. The van der Waals surface area contributed by atoms with Crippen LogP contribution in [0.3, 0.4) is 0 Å². The Morgan fingerprint density at radius 2 is 2.03 bits per heavy atom. The average molecular weight is 569 g/mol. The molecule has 1 N–H and O–H groups in total. The molecule has 38 heavy (non-hydrogen) atoms. The number of ether oxygens (including phenoxy) is 2. The minimum absolute atomic E-state index is 0.104. The molecule has 198 valence electrons. The number of thioether (sulfide) groups is 1. The van der Waals surface area contributed by atoms with E-state index in [1.54, 1.807) is 18.3 Å². The first-order valence-corrected chi connectivity index (χ1v) is 15.1. The van der Waals surface area contributed by atoms with E-state index in [0.29, 0.717) is 22.3 Å². The summed E-state index contributed by atoms with van der Waals surface area (Å²) in [4.78, 5) is 27.1. The molecule has 4 heterocycles. The number of hydrogen-bond acceptors (Lipinski definition) is 9. The molecule has 3 aromatic heterocycles. The number of benzene rings is 1. The van der Waals surface area contributed by atoms with Gasteiger partial charge in [-0.15, -0.1) is 32.9 Å². The SMILES string of the molecule is CCOC(=O)c1c(-c2ccccc2)csc1NC(=O)CSc1nnc(-c2csc(C)c2)n1CC1CCCO1.